The quantitative estimate of drug-likeness (QED) is 0.474. The largest absolute Gasteiger partial charge is 0.490 e. The molecule has 1 heterocycles. The molecule has 1 aromatic heterocycles. The summed E-state index contributed by atoms with van der Waals surface area (Å²) >= 11 is 1.43. The number of thiazole rings is 1. The highest BCUT2D eigenvalue weighted by Gasteiger charge is 2.16. The fourth-order valence-corrected chi connectivity index (χ4v) is 3.32. The first-order chi connectivity index (χ1) is 14.0. The predicted molar refractivity (Wildman–Crippen MR) is 116 cm³/mol. The van der Waals surface area contributed by atoms with Gasteiger partial charge in [0.05, 0.1) is 0 Å². The van der Waals surface area contributed by atoms with Crippen LogP contribution in [0, 0.1) is 6.92 Å². The number of carbonyl (C=O) groups excluding carboxylic acids is 1. The number of carbonyl (C=O) groups is 1. The van der Waals surface area contributed by atoms with Gasteiger partial charge in [-0.25, -0.2) is 4.98 Å². The van der Waals surface area contributed by atoms with Crippen molar-refractivity contribution in [1.82, 2.24) is 9.88 Å². The molecule has 0 bridgehead atoms. The molecule has 0 atom stereocenters. The Morgan fingerprint density at radius 1 is 1.10 bits per heavy atom. The van der Waals surface area contributed by atoms with Gasteiger partial charge in [-0.2, -0.15) is 0 Å². The maximum Gasteiger partial charge on any atom is 0.273 e. The molecular weight excluding hydrogens is 384 g/mol. The van der Waals surface area contributed by atoms with E-state index < -0.39 is 0 Å². The van der Waals surface area contributed by atoms with Gasteiger partial charge in [-0.15, -0.1) is 11.3 Å². The highest BCUT2D eigenvalue weighted by molar-refractivity contribution is 7.09. The molecule has 3 rings (SSSR count). The second-order valence-corrected chi connectivity index (χ2v) is 7.58. The molecule has 0 aliphatic heterocycles. The van der Waals surface area contributed by atoms with Gasteiger partial charge in [0, 0.05) is 19.0 Å². The summed E-state index contributed by atoms with van der Waals surface area (Å²) in [5, 5.41) is 2.55. The summed E-state index contributed by atoms with van der Waals surface area (Å²) in [4.78, 5) is 18.8. The molecule has 6 heteroatoms. The maximum absolute atomic E-state index is 12.7. The molecule has 0 radical (unpaired) electrons. The first-order valence-electron chi connectivity index (χ1n) is 9.27. The number of hydrogen-bond acceptors (Lipinski definition) is 5. The van der Waals surface area contributed by atoms with Crippen LogP contribution in [0.2, 0.25) is 0 Å². The van der Waals surface area contributed by atoms with Crippen molar-refractivity contribution in [2.24, 2.45) is 0 Å². The van der Waals surface area contributed by atoms with E-state index in [1.807, 2.05) is 55.5 Å². The molecule has 0 fully saturated rings. The van der Waals surface area contributed by atoms with Crippen molar-refractivity contribution < 1.29 is 14.3 Å². The fraction of sp³-hybridized carbons (Fsp3) is 0.217. The fourth-order valence-electron chi connectivity index (χ4n) is 2.64. The molecular formula is C23H24N2O3S. The zero-order chi connectivity index (χ0) is 20.6. The summed E-state index contributed by atoms with van der Waals surface area (Å²) in [7, 11) is 1.77. The zero-order valence-electron chi connectivity index (χ0n) is 16.6. The molecule has 0 saturated heterocycles. The normalized spacial score (nSPS) is 10.4. The number of ether oxygens (including phenoxy) is 2. The van der Waals surface area contributed by atoms with Crippen LogP contribution in [0.15, 0.2) is 66.6 Å². The molecule has 0 aliphatic carbocycles. The topological polar surface area (TPSA) is 51.7 Å². The van der Waals surface area contributed by atoms with Gasteiger partial charge >= 0.3 is 0 Å². The average Bonchev–Trinajstić information content (AvgIpc) is 3.21. The minimum Gasteiger partial charge on any atom is -0.490 e. The van der Waals surface area contributed by atoms with Crippen LogP contribution in [0.5, 0.6) is 11.5 Å². The smallest absolute Gasteiger partial charge is 0.273 e. The second kappa shape index (κ2) is 9.89. The van der Waals surface area contributed by atoms with E-state index in [-0.39, 0.29) is 5.91 Å². The van der Waals surface area contributed by atoms with Crippen molar-refractivity contribution in [1.29, 1.82) is 0 Å². The van der Waals surface area contributed by atoms with E-state index in [1.165, 1.54) is 16.9 Å². The molecule has 150 valence electrons. The Labute approximate surface area is 175 Å². The summed E-state index contributed by atoms with van der Waals surface area (Å²) in [6, 6.07) is 15.5. The van der Waals surface area contributed by atoms with Gasteiger partial charge in [0.1, 0.15) is 35.4 Å². The van der Waals surface area contributed by atoms with Crippen molar-refractivity contribution >= 4 is 17.2 Å². The van der Waals surface area contributed by atoms with Gasteiger partial charge in [0.15, 0.2) is 0 Å². The van der Waals surface area contributed by atoms with Crippen LogP contribution in [0.1, 0.15) is 26.6 Å². The summed E-state index contributed by atoms with van der Waals surface area (Å²) in [6.45, 7) is 6.97. The third-order valence-corrected chi connectivity index (χ3v) is 5.03. The lowest BCUT2D eigenvalue weighted by atomic mass is 10.2. The van der Waals surface area contributed by atoms with Gasteiger partial charge in [-0.05, 0) is 36.8 Å². The van der Waals surface area contributed by atoms with E-state index >= 15 is 0 Å². The minimum absolute atomic E-state index is 0.116. The van der Waals surface area contributed by atoms with Crippen molar-refractivity contribution in [3.05, 3.63) is 88.4 Å². The Morgan fingerprint density at radius 2 is 1.76 bits per heavy atom. The highest BCUT2D eigenvalue weighted by atomic mass is 32.1. The Morgan fingerprint density at radius 3 is 2.45 bits per heavy atom. The average molecular weight is 409 g/mol. The number of aromatic nitrogens is 1. The molecule has 0 unspecified atom stereocenters. The Bertz CT molecular complexity index is 949. The van der Waals surface area contributed by atoms with Gasteiger partial charge in [0.2, 0.25) is 0 Å². The lowest BCUT2D eigenvalue weighted by Crippen LogP contribution is -2.26. The van der Waals surface area contributed by atoms with Crippen LogP contribution >= 0.6 is 11.3 Å². The Kier molecular flexibility index (Phi) is 7.03. The van der Waals surface area contributed by atoms with Crippen LogP contribution in [0.4, 0.5) is 0 Å². The van der Waals surface area contributed by atoms with E-state index in [4.69, 9.17) is 9.47 Å². The third-order valence-electron chi connectivity index (χ3n) is 4.21. The van der Waals surface area contributed by atoms with E-state index in [0.29, 0.717) is 25.5 Å². The standard InChI is InChI=1S/C23H24N2O3S/c1-4-13-27-19-11-7-18(8-12-19)14-25(3)23(26)21-16-29-22(24-21)15-28-20-9-5-17(2)6-10-20/h4-12,16H,1,13-15H2,2-3H3. The number of amides is 1. The van der Waals surface area contributed by atoms with E-state index in [2.05, 4.69) is 11.6 Å². The summed E-state index contributed by atoms with van der Waals surface area (Å²) in [5.74, 6) is 1.45. The number of benzene rings is 2. The molecule has 1 amide bonds. The zero-order valence-corrected chi connectivity index (χ0v) is 17.4. The minimum atomic E-state index is -0.116. The number of nitrogens with zero attached hydrogens (tertiary/aromatic N) is 2. The SMILES string of the molecule is C=CCOc1ccc(CN(C)C(=O)c2csc(COc3ccc(C)cc3)n2)cc1. The lowest BCUT2D eigenvalue weighted by molar-refractivity contribution is 0.0779. The number of hydrogen-bond donors (Lipinski definition) is 0. The lowest BCUT2D eigenvalue weighted by Gasteiger charge is -2.16. The summed E-state index contributed by atoms with van der Waals surface area (Å²) in [5.41, 5.74) is 2.64. The van der Waals surface area contributed by atoms with Gasteiger partial charge in [-0.1, -0.05) is 42.5 Å². The molecule has 0 aliphatic rings. The Hall–Kier alpha value is -3.12. The third kappa shape index (κ3) is 5.93. The molecule has 5 nitrogen and oxygen atoms in total. The molecule has 29 heavy (non-hydrogen) atoms. The number of aryl methyl sites for hydroxylation is 1. The van der Waals surface area contributed by atoms with Gasteiger partial charge in [0.25, 0.3) is 5.91 Å². The Balaban J connectivity index is 1.54. The van der Waals surface area contributed by atoms with E-state index in [1.54, 1.807) is 23.4 Å². The van der Waals surface area contributed by atoms with Crippen LogP contribution in [0.3, 0.4) is 0 Å². The van der Waals surface area contributed by atoms with Crippen LogP contribution in [-0.2, 0) is 13.2 Å². The van der Waals surface area contributed by atoms with E-state index in [9.17, 15) is 4.79 Å². The molecule has 0 spiro atoms. The molecule has 3 aromatic rings. The molecule has 0 N–H and O–H groups in total. The van der Waals surface area contributed by atoms with Crippen LogP contribution in [0.25, 0.3) is 0 Å². The van der Waals surface area contributed by atoms with Crippen molar-refractivity contribution in [2.45, 2.75) is 20.1 Å². The first-order valence-corrected chi connectivity index (χ1v) is 10.1. The number of rotatable bonds is 9. The van der Waals surface area contributed by atoms with Crippen molar-refractivity contribution in [3.63, 3.8) is 0 Å². The summed E-state index contributed by atoms with van der Waals surface area (Å²) < 4.78 is 11.2. The van der Waals surface area contributed by atoms with Crippen molar-refractivity contribution in [3.8, 4) is 11.5 Å². The maximum atomic E-state index is 12.7. The monoisotopic (exact) mass is 408 g/mol. The van der Waals surface area contributed by atoms with Gasteiger partial charge < -0.3 is 14.4 Å². The molecule has 0 saturated carbocycles. The second-order valence-electron chi connectivity index (χ2n) is 6.63. The highest BCUT2D eigenvalue weighted by Crippen LogP contribution is 2.18. The van der Waals surface area contributed by atoms with Crippen molar-refractivity contribution in [2.75, 3.05) is 13.7 Å². The van der Waals surface area contributed by atoms with E-state index in [0.717, 1.165) is 22.1 Å². The van der Waals surface area contributed by atoms with Gasteiger partial charge in [-0.3, -0.25) is 4.79 Å². The first kappa shape index (κ1) is 20.6. The molecule has 2 aromatic carbocycles. The predicted octanol–water partition coefficient (Wildman–Crippen LogP) is 4.87. The van der Waals surface area contributed by atoms with Crippen LogP contribution in [-0.4, -0.2) is 29.4 Å². The summed E-state index contributed by atoms with van der Waals surface area (Å²) in [6.07, 6.45) is 1.70. The van der Waals surface area contributed by atoms with Crippen LogP contribution < -0.4 is 9.47 Å².